The summed E-state index contributed by atoms with van der Waals surface area (Å²) in [5, 5.41) is 3.60. The number of likely N-dealkylation sites (tertiary alicyclic amines) is 2. The van der Waals surface area contributed by atoms with Gasteiger partial charge in [-0.2, -0.15) is 0 Å². The van der Waals surface area contributed by atoms with Crippen molar-refractivity contribution in [3.8, 4) is 0 Å². The standard InChI is InChI=1S/C21H34N4O/c1-16(2)23-21(22-11-9-19-6-4-14-26-19)24-13-10-20-17(15-24)5-3-12-25(20)18-7-8-18/h4,6,14,16-18,20H,3,5,7-13,15H2,1-2H3,(H,22,23). The summed E-state index contributed by atoms with van der Waals surface area (Å²) in [6.07, 6.45) is 9.51. The highest BCUT2D eigenvalue weighted by Gasteiger charge is 2.42. The molecule has 2 saturated heterocycles. The number of aliphatic imine (C=N–C) groups is 1. The quantitative estimate of drug-likeness (QED) is 0.649. The van der Waals surface area contributed by atoms with Gasteiger partial charge >= 0.3 is 0 Å². The molecule has 3 aliphatic rings. The van der Waals surface area contributed by atoms with E-state index in [0.29, 0.717) is 6.04 Å². The lowest BCUT2D eigenvalue weighted by atomic mass is 9.83. The average molecular weight is 359 g/mol. The summed E-state index contributed by atoms with van der Waals surface area (Å²) in [5.41, 5.74) is 0. The first-order valence-electron chi connectivity index (χ1n) is 10.5. The molecule has 2 aliphatic heterocycles. The minimum Gasteiger partial charge on any atom is -0.469 e. The van der Waals surface area contributed by atoms with Gasteiger partial charge in [-0.3, -0.25) is 9.89 Å². The molecule has 1 aromatic heterocycles. The Morgan fingerprint density at radius 2 is 2.15 bits per heavy atom. The van der Waals surface area contributed by atoms with Crippen LogP contribution < -0.4 is 5.32 Å². The summed E-state index contributed by atoms with van der Waals surface area (Å²) < 4.78 is 5.44. The first-order chi connectivity index (χ1) is 12.7. The highest BCUT2D eigenvalue weighted by atomic mass is 16.3. The number of hydrogen-bond acceptors (Lipinski definition) is 3. The minimum atomic E-state index is 0.407. The van der Waals surface area contributed by atoms with Gasteiger partial charge in [-0.15, -0.1) is 0 Å². The van der Waals surface area contributed by atoms with Crippen molar-refractivity contribution in [3.63, 3.8) is 0 Å². The van der Waals surface area contributed by atoms with E-state index < -0.39 is 0 Å². The zero-order chi connectivity index (χ0) is 17.9. The van der Waals surface area contributed by atoms with Gasteiger partial charge in [0, 0.05) is 44.2 Å². The van der Waals surface area contributed by atoms with E-state index in [1.807, 2.05) is 12.1 Å². The lowest BCUT2D eigenvalue weighted by Gasteiger charge is -2.48. The van der Waals surface area contributed by atoms with Crippen molar-refractivity contribution in [3.05, 3.63) is 24.2 Å². The van der Waals surface area contributed by atoms with Crippen LogP contribution in [0.5, 0.6) is 0 Å². The molecule has 0 spiro atoms. The van der Waals surface area contributed by atoms with E-state index in [9.17, 15) is 0 Å². The summed E-state index contributed by atoms with van der Waals surface area (Å²) >= 11 is 0. The molecule has 0 amide bonds. The van der Waals surface area contributed by atoms with E-state index in [1.54, 1.807) is 6.26 Å². The van der Waals surface area contributed by atoms with E-state index in [2.05, 4.69) is 29.0 Å². The van der Waals surface area contributed by atoms with Gasteiger partial charge in [0.25, 0.3) is 0 Å². The number of hydrogen-bond donors (Lipinski definition) is 1. The Kier molecular flexibility index (Phi) is 5.53. The molecule has 2 atom stereocenters. The van der Waals surface area contributed by atoms with Gasteiger partial charge in [-0.05, 0) is 70.5 Å². The number of guanidine groups is 1. The van der Waals surface area contributed by atoms with E-state index in [-0.39, 0.29) is 0 Å². The van der Waals surface area contributed by atoms with Crippen molar-refractivity contribution in [1.29, 1.82) is 0 Å². The van der Waals surface area contributed by atoms with Crippen LogP contribution in [-0.4, -0.2) is 60.1 Å². The van der Waals surface area contributed by atoms with E-state index in [1.165, 1.54) is 38.6 Å². The van der Waals surface area contributed by atoms with Crippen LogP contribution in [0.1, 0.15) is 51.7 Å². The van der Waals surface area contributed by atoms with Crippen molar-refractivity contribution >= 4 is 5.96 Å². The second-order valence-electron chi connectivity index (χ2n) is 8.51. The third-order valence-electron chi connectivity index (χ3n) is 6.04. The second-order valence-corrected chi connectivity index (χ2v) is 8.51. The summed E-state index contributed by atoms with van der Waals surface area (Å²) in [6, 6.07) is 6.11. The number of nitrogens with one attached hydrogen (secondary N) is 1. The highest BCUT2D eigenvalue weighted by Crippen LogP contribution is 2.38. The molecule has 0 radical (unpaired) electrons. The molecule has 4 rings (SSSR count). The minimum absolute atomic E-state index is 0.407. The largest absolute Gasteiger partial charge is 0.469 e. The Morgan fingerprint density at radius 3 is 2.88 bits per heavy atom. The molecule has 3 heterocycles. The van der Waals surface area contributed by atoms with Crippen molar-refractivity contribution < 1.29 is 4.42 Å². The van der Waals surface area contributed by atoms with Gasteiger partial charge in [0.2, 0.25) is 0 Å². The summed E-state index contributed by atoms with van der Waals surface area (Å²) in [5.74, 6) is 2.92. The molecule has 1 N–H and O–H groups in total. The third kappa shape index (κ3) is 4.25. The van der Waals surface area contributed by atoms with Crippen LogP contribution in [0.25, 0.3) is 0 Å². The van der Waals surface area contributed by atoms with Gasteiger partial charge in [0.05, 0.1) is 6.26 Å². The van der Waals surface area contributed by atoms with Crippen LogP contribution >= 0.6 is 0 Å². The predicted octanol–water partition coefficient (Wildman–Crippen LogP) is 3.12. The van der Waals surface area contributed by atoms with E-state index >= 15 is 0 Å². The predicted molar refractivity (Wildman–Crippen MR) is 105 cm³/mol. The van der Waals surface area contributed by atoms with Crippen molar-refractivity contribution in [2.45, 2.75) is 70.5 Å². The Labute approximate surface area is 157 Å². The Morgan fingerprint density at radius 1 is 1.27 bits per heavy atom. The van der Waals surface area contributed by atoms with Crippen LogP contribution in [0.2, 0.25) is 0 Å². The van der Waals surface area contributed by atoms with Crippen LogP contribution in [0.3, 0.4) is 0 Å². The molecule has 3 fully saturated rings. The van der Waals surface area contributed by atoms with Gasteiger partial charge in [-0.25, -0.2) is 0 Å². The molecular formula is C21H34N4O. The maximum atomic E-state index is 5.44. The normalized spacial score (nSPS) is 27.7. The van der Waals surface area contributed by atoms with Gasteiger partial charge in [-0.1, -0.05) is 0 Å². The molecular weight excluding hydrogens is 324 g/mol. The van der Waals surface area contributed by atoms with Crippen molar-refractivity contribution in [2.24, 2.45) is 10.9 Å². The lowest BCUT2D eigenvalue weighted by molar-refractivity contribution is 0.0368. The number of piperidine rings is 2. The molecule has 1 saturated carbocycles. The first kappa shape index (κ1) is 17.9. The molecule has 2 unspecified atom stereocenters. The van der Waals surface area contributed by atoms with Crippen LogP contribution in [0.15, 0.2) is 27.8 Å². The zero-order valence-corrected chi connectivity index (χ0v) is 16.4. The Hall–Kier alpha value is -1.49. The molecule has 1 aliphatic carbocycles. The summed E-state index contributed by atoms with van der Waals surface area (Å²) in [7, 11) is 0. The molecule has 144 valence electrons. The zero-order valence-electron chi connectivity index (χ0n) is 16.4. The number of nitrogens with zero attached hydrogens (tertiary/aromatic N) is 3. The number of rotatable bonds is 5. The molecule has 5 heteroatoms. The molecule has 0 aromatic carbocycles. The maximum absolute atomic E-state index is 5.44. The highest BCUT2D eigenvalue weighted by molar-refractivity contribution is 5.80. The van der Waals surface area contributed by atoms with Crippen LogP contribution in [0.4, 0.5) is 0 Å². The fourth-order valence-electron chi connectivity index (χ4n) is 4.72. The molecule has 5 nitrogen and oxygen atoms in total. The van der Waals surface area contributed by atoms with E-state index in [4.69, 9.17) is 9.41 Å². The van der Waals surface area contributed by atoms with E-state index in [0.717, 1.165) is 55.8 Å². The topological polar surface area (TPSA) is 44.0 Å². The van der Waals surface area contributed by atoms with Gasteiger partial charge < -0.3 is 14.6 Å². The van der Waals surface area contributed by atoms with Crippen LogP contribution in [0, 0.1) is 5.92 Å². The smallest absolute Gasteiger partial charge is 0.194 e. The van der Waals surface area contributed by atoms with Crippen LogP contribution in [-0.2, 0) is 6.42 Å². The summed E-state index contributed by atoms with van der Waals surface area (Å²) in [4.78, 5) is 10.3. The Bertz CT molecular complexity index is 593. The number of fused-ring (bicyclic) bond motifs is 1. The van der Waals surface area contributed by atoms with Gasteiger partial charge in [0.1, 0.15) is 5.76 Å². The Balaban J connectivity index is 1.39. The average Bonchev–Trinajstić information content (AvgIpc) is 3.35. The van der Waals surface area contributed by atoms with Gasteiger partial charge in [0.15, 0.2) is 5.96 Å². The third-order valence-corrected chi connectivity index (χ3v) is 6.04. The van der Waals surface area contributed by atoms with Crippen molar-refractivity contribution in [1.82, 2.24) is 15.1 Å². The number of furan rings is 1. The molecule has 1 aromatic rings. The maximum Gasteiger partial charge on any atom is 0.194 e. The monoisotopic (exact) mass is 358 g/mol. The van der Waals surface area contributed by atoms with Crippen molar-refractivity contribution in [2.75, 3.05) is 26.2 Å². The first-order valence-corrected chi connectivity index (χ1v) is 10.5. The SMILES string of the molecule is CC(C)NC(=NCCc1ccco1)N1CCC2C(CCCN2C2CC2)C1. The molecule has 26 heavy (non-hydrogen) atoms. The fraction of sp³-hybridized carbons (Fsp3) is 0.762. The summed E-state index contributed by atoms with van der Waals surface area (Å²) in [6.45, 7) is 8.80. The fourth-order valence-corrected chi connectivity index (χ4v) is 4.72. The molecule has 0 bridgehead atoms. The lowest BCUT2D eigenvalue weighted by Crippen LogP contribution is -2.58. The second kappa shape index (κ2) is 8.03.